The summed E-state index contributed by atoms with van der Waals surface area (Å²) in [7, 11) is 0. The predicted octanol–water partition coefficient (Wildman–Crippen LogP) is 4.10. The van der Waals surface area contributed by atoms with Crippen LogP contribution in [0.2, 0.25) is 0 Å². The fourth-order valence-electron chi connectivity index (χ4n) is 2.08. The second-order valence-electron chi connectivity index (χ2n) is 4.33. The van der Waals surface area contributed by atoms with Gasteiger partial charge < -0.3 is 10.7 Å². The highest BCUT2D eigenvalue weighted by molar-refractivity contribution is 7.15. The van der Waals surface area contributed by atoms with E-state index >= 15 is 0 Å². The number of nitrogen functional groups attached to an aromatic ring is 1. The van der Waals surface area contributed by atoms with Gasteiger partial charge in [-0.15, -0.1) is 11.3 Å². The number of H-pyrrole nitrogens is 1. The summed E-state index contributed by atoms with van der Waals surface area (Å²) in [5.41, 5.74) is 10.3. The summed E-state index contributed by atoms with van der Waals surface area (Å²) in [6.07, 6.45) is 0. The number of aryl methyl sites for hydroxylation is 2. The van der Waals surface area contributed by atoms with Crippen LogP contribution in [-0.4, -0.2) is 4.98 Å². The Balaban J connectivity index is 2.23. The van der Waals surface area contributed by atoms with Crippen LogP contribution in [0.15, 0.2) is 30.3 Å². The fourth-order valence-corrected chi connectivity index (χ4v) is 2.92. The minimum absolute atomic E-state index is 0.852. The zero-order valence-corrected chi connectivity index (χ0v) is 10.7. The molecule has 1 aromatic carbocycles. The molecule has 0 aliphatic rings. The summed E-state index contributed by atoms with van der Waals surface area (Å²) in [6.45, 7) is 4.19. The Labute approximate surface area is 104 Å². The number of anilines is 1. The molecule has 0 spiro atoms. The maximum absolute atomic E-state index is 5.93. The van der Waals surface area contributed by atoms with Crippen molar-refractivity contribution in [3.63, 3.8) is 0 Å². The molecule has 3 heteroatoms. The van der Waals surface area contributed by atoms with Crippen molar-refractivity contribution in [3.8, 4) is 10.6 Å². The van der Waals surface area contributed by atoms with Gasteiger partial charge in [0.15, 0.2) is 0 Å². The molecule has 0 aliphatic heterocycles. The molecule has 0 saturated heterocycles. The van der Waals surface area contributed by atoms with E-state index in [4.69, 9.17) is 5.73 Å². The number of nitrogens with one attached hydrogen (secondary N) is 1. The number of thiophene rings is 1. The van der Waals surface area contributed by atoms with Crippen molar-refractivity contribution >= 4 is 27.9 Å². The van der Waals surface area contributed by atoms with Gasteiger partial charge in [0.1, 0.15) is 0 Å². The molecule has 0 amide bonds. The Morgan fingerprint density at radius 3 is 2.65 bits per heavy atom. The molecule has 86 valence electrons. The van der Waals surface area contributed by atoms with Gasteiger partial charge in [0, 0.05) is 21.5 Å². The molecule has 2 heterocycles. The minimum atomic E-state index is 0.852. The van der Waals surface area contributed by atoms with Gasteiger partial charge >= 0.3 is 0 Å². The molecule has 17 heavy (non-hydrogen) atoms. The third kappa shape index (κ3) is 1.63. The van der Waals surface area contributed by atoms with Crippen LogP contribution in [0.5, 0.6) is 0 Å². The molecule has 0 aliphatic carbocycles. The highest BCUT2D eigenvalue weighted by atomic mass is 32.1. The summed E-state index contributed by atoms with van der Waals surface area (Å²) in [5, 5.41) is 1.21. The van der Waals surface area contributed by atoms with Crippen LogP contribution >= 0.6 is 11.3 Å². The smallest absolute Gasteiger partial charge is 0.0566 e. The molecule has 0 unspecified atom stereocenters. The zero-order chi connectivity index (χ0) is 12.0. The highest BCUT2D eigenvalue weighted by Gasteiger charge is 2.08. The average molecular weight is 242 g/mol. The Morgan fingerprint density at radius 1 is 1.12 bits per heavy atom. The van der Waals surface area contributed by atoms with Crippen LogP contribution < -0.4 is 5.73 Å². The second kappa shape index (κ2) is 3.64. The number of fused-ring (bicyclic) bond motifs is 1. The van der Waals surface area contributed by atoms with Crippen LogP contribution in [0.3, 0.4) is 0 Å². The van der Waals surface area contributed by atoms with Crippen molar-refractivity contribution in [1.82, 2.24) is 4.98 Å². The normalized spacial score (nSPS) is 11.2. The number of rotatable bonds is 1. The van der Waals surface area contributed by atoms with Crippen LogP contribution in [0.1, 0.15) is 10.4 Å². The lowest BCUT2D eigenvalue weighted by molar-refractivity contribution is 1.47. The molecule has 0 fully saturated rings. The van der Waals surface area contributed by atoms with Crippen LogP contribution in [0.4, 0.5) is 5.69 Å². The molecule has 3 rings (SSSR count). The third-order valence-corrected chi connectivity index (χ3v) is 4.15. The maximum Gasteiger partial charge on any atom is 0.0566 e. The number of hydrogen-bond acceptors (Lipinski definition) is 2. The zero-order valence-electron chi connectivity index (χ0n) is 9.87. The van der Waals surface area contributed by atoms with Gasteiger partial charge in [-0.3, -0.25) is 0 Å². The van der Waals surface area contributed by atoms with E-state index < -0.39 is 0 Å². The fraction of sp³-hybridized carbons (Fsp3) is 0.143. The van der Waals surface area contributed by atoms with Crippen molar-refractivity contribution < 1.29 is 0 Å². The van der Waals surface area contributed by atoms with Gasteiger partial charge in [-0.25, -0.2) is 0 Å². The van der Waals surface area contributed by atoms with E-state index in [-0.39, 0.29) is 0 Å². The molecule has 0 atom stereocenters. The summed E-state index contributed by atoms with van der Waals surface area (Å²) in [5.74, 6) is 0. The molecule has 0 radical (unpaired) electrons. The topological polar surface area (TPSA) is 41.8 Å². The first-order chi connectivity index (χ1) is 8.15. The van der Waals surface area contributed by atoms with Gasteiger partial charge in [0.25, 0.3) is 0 Å². The quantitative estimate of drug-likeness (QED) is 0.620. The minimum Gasteiger partial charge on any atom is -0.398 e. The van der Waals surface area contributed by atoms with Gasteiger partial charge in [-0.1, -0.05) is 0 Å². The van der Waals surface area contributed by atoms with Gasteiger partial charge in [-0.05, 0) is 49.7 Å². The summed E-state index contributed by atoms with van der Waals surface area (Å²) >= 11 is 1.80. The van der Waals surface area contributed by atoms with E-state index in [9.17, 15) is 0 Å². The monoisotopic (exact) mass is 242 g/mol. The van der Waals surface area contributed by atoms with Crippen molar-refractivity contribution in [2.24, 2.45) is 0 Å². The Hall–Kier alpha value is -1.74. The summed E-state index contributed by atoms with van der Waals surface area (Å²) in [4.78, 5) is 6.05. The molecule has 0 bridgehead atoms. The highest BCUT2D eigenvalue weighted by Crippen LogP contribution is 2.32. The van der Waals surface area contributed by atoms with Crippen molar-refractivity contribution in [3.05, 3.63) is 40.8 Å². The van der Waals surface area contributed by atoms with E-state index in [2.05, 4.69) is 37.0 Å². The molecule has 2 aromatic heterocycles. The maximum atomic E-state index is 5.93. The summed E-state index contributed by atoms with van der Waals surface area (Å²) < 4.78 is 0. The lowest BCUT2D eigenvalue weighted by Gasteiger charge is -1.99. The Morgan fingerprint density at radius 2 is 1.94 bits per heavy atom. The molecule has 0 saturated carbocycles. The predicted molar refractivity (Wildman–Crippen MR) is 75.5 cm³/mol. The molecule has 3 aromatic rings. The standard InChI is InChI=1S/C14H14N2S/c1-8-3-6-14(17-8)13-7-10-9(2)11(15)4-5-12(10)16-13/h3-7,16H,15H2,1-2H3. The third-order valence-electron chi connectivity index (χ3n) is 3.12. The lowest BCUT2D eigenvalue weighted by Crippen LogP contribution is -1.88. The van der Waals surface area contributed by atoms with E-state index in [0.717, 1.165) is 16.8 Å². The van der Waals surface area contributed by atoms with Crippen LogP contribution in [-0.2, 0) is 0 Å². The first kappa shape index (κ1) is 10.4. The molecule has 2 nitrogen and oxygen atoms in total. The van der Waals surface area contributed by atoms with E-state index in [1.54, 1.807) is 11.3 Å². The second-order valence-corrected chi connectivity index (χ2v) is 5.62. The largest absolute Gasteiger partial charge is 0.398 e. The van der Waals surface area contributed by atoms with E-state index in [1.807, 2.05) is 12.1 Å². The van der Waals surface area contributed by atoms with Crippen molar-refractivity contribution in [2.75, 3.05) is 5.73 Å². The van der Waals surface area contributed by atoms with E-state index in [0.29, 0.717) is 0 Å². The summed E-state index contributed by atoms with van der Waals surface area (Å²) in [6, 6.07) is 10.5. The molecule has 3 N–H and O–H groups in total. The first-order valence-corrected chi connectivity index (χ1v) is 6.41. The molecular formula is C14H14N2S. The number of nitrogens with two attached hydrogens (primary N) is 1. The van der Waals surface area contributed by atoms with Crippen molar-refractivity contribution in [1.29, 1.82) is 0 Å². The Kier molecular flexibility index (Phi) is 2.23. The number of aromatic amines is 1. The van der Waals surface area contributed by atoms with Crippen molar-refractivity contribution in [2.45, 2.75) is 13.8 Å². The van der Waals surface area contributed by atoms with Gasteiger partial charge in [0.2, 0.25) is 0 Å². The number of hydrogen-bond donors (Lipinski definition) is 2. The number of aromatic nitrogens is 1. The first-order valence-electron chi connectivity index (χ1n) is 5.60. The van der Waals surface area contributed by atoms with Gasteiger partial charge in [-0.2, -0.15) is 0 Å². The Bertz CT molecular complexity index is 691. The van der Waals surface area contributed by atoms with Gasteiger partial charge in [0.05, 0.1) is 10.6 Å². The lowest BCUT2D eigenvalue weighted by atomic mass is 10.1. The number of benzene rings is 1. The van der Waals surface area contributed by atoms with E-state index in [1.165, 1.54) is 20.8 Å². The SMILES string of the molecule is Cc1ccc(-c2cc3c(C)c(N)ccc3[nH]2)s1. The van der Waals surface area contributed by atoms with Crippen LogP contribution in [0, 0.1) is 13.8 Å². The van der Waals surface area contributed by atoms with Crippen LogP contribution in [0.25, 0.3) is 21.5 Å². The molecular weight excluding hydrogens is 228 g/mol. The average Bonchev–Trinajstić information content (AvgIpc) is 2.90.